The predicted octanol–water partition coefficient (Wildman–Crippen LogP) is 2.04. The number of amides is 2. The number of rotatable bonds is 6. The Hall–Kier alpha value is -2.69. The zero-order valence-electron chi connectivity index (χ0n) is 12.0. The molecule has 0 aliphatic heterocycles. The van der Waals surface area contributed by atoms with Crippen molar-refractivity contribution in [1.29, 1.82) is 0 Å². The van der Waals surface area contributed by atoms with Crippen LogP contribution in [0, 0.1) is 5.82 Å². The Morgan fingerprint density at radius 1 is 1.09 bits per heavy atom. The summed E-state index contributed by atoms with van der Waals surface area (Å²) in [7, 11) is 0. The summed E-state index contributed by atoms with van der Waals surface area (Å²) < 4.78 is 13.1. The fraction of sp³-hybridized carbons (Fsp3) is 0.176. The van der Waals surface area contributed by atoms with Crippen molar-refractivity contribution >= 4 is 11.8 Å². The summed E-state index contributed by atoms with van der Waals surface area (Å²) in [6.07, 6.45) is 0.998. The van der Waals surface area contributed by atoms with Crippen LogP contribution in [0.2, 0.25) is 0 Å². The standard InChI is InChI=1S/C17H17FN2O2/c18-14-8-4-7-13(11-14)17(22)20-15(16(19)21)10-9-12-5-2-1-3-6-12/h1-8,11,15H,9-10H2,(H2,19,21)(H,20,22)/t15-/m0/s1. The number of aryl methyl sites for hydroxylation is 1. The third kappa shape index (κ3) is 4.41. The van der Waals surface area contributed by atoms with E-state index in [9.17, 15) is 14.0 Å². The molecular formula is C17H17FN2O2. The van der Waals surface area contributed by atoms with E-state index < -0.39 is 23.7 Å². The molecular weight excluding hydrogens is 283 g/mol. The highest BCUT2D eigenvalue weighted by Crippen LogP contribution is 2.07. The Balaban J connectivity index is 1.99. The second-order valence-electron chi connectivity index (χ2n) is 4.96. The number of hydrogen-bond acceptors (Lipinski definition) is 2. The van der Waals surface area contributed by atoms with Gasteiger partial charge in [0.05, 0.1) is 0 Å². The van der Waals surface area contributed by atoms with Gasteiger partial charge in [-0.15, -0.1) is 0 Å². The summed E-state index contributed by atoms with van der Waals surface area (Å²) >= 11 is 0. The molecule has 5 heteroatoms. The van der Waals surface area contributed by atoms with Crippen LogP contribution in [0.4, 0.5) is 4.39 Å². The highest BCUT2D eigenvalue weighted by atomic mass is 19.1. The first-order valence-electron chi connectivity index (χ1n) is 6.96. The van der Waals surface area contributed by atoms with Gasteiger partial charge < -0.3 is 11.1 Å². The molecule has 2 aromatic carbocycles. The van der Waals surface area contributed by atoms with Crippen LogP contribution in [-0.4, -0.2) is 17.9 Å². The van der Waals surface area contributed by atoms with E-state index in [-0.39, 0.29) is 5.56 Å². The molecule has 2 aromatic rings. The van der Waals surface area contributed by atoms with Crippen LogP contribution in [0.5, 0.6) is 0 Å². The van der Waals surface area contributed by atoms with Gasteiger partial charge in [0.1, 0.15) is 11.9 Å². The Morgan fingerprint density at radius 2 is 1.82 bits per heavy atom. The predicted molar refractivity (Wildman–Crippen MR) is 81.6 cm³/mol. The molecule has 0 fully saturated rings. The zero-order chi connectivity index (χ0) is 15.9. The Bertz CT molecular complexity index is 659. The van der Waals surface area contributed by atoms with Gasteiger partial charge in [0.2, 0.25) is 5.91 Å². The summed E-state index contributed by atoms with van der Waals surface area (Å²) in [6, 6.07) is 14.1. The van der Waals surface area contributed by atoms with Gasteiger partial charge in [-0.2, -0.15) is 0 Å². The lowest BCUT2D eigenvalue weighted by atomic mass is 10.0. The molecule has 2 rings (SSSR count). The minimum Gasteiger partial charge on any atom is -0.368 e. The maximum Gasteiger partial charge on any atom is 0.252 e. The van der Waals surface area contributed by atoms with Crippen molar-refractivity contribution in [2.75, 3.05) is 0 Å². The number of carbonyl (C=O) groups is 2. The second kappa shape index (κ2) is 7.36. The van der Waals surface area contributed by atoms with E-state index >= 15 is 0 Å². The van der Waals surface area contributed by atoms with Gasteiger partial charge in [0, 0.05) is 5.56 Å². The normalized spacial score (nSPS) is 11.7. The Kier molecular flexibility index (Phi) is 5.25. The van der Waals surface area contributed by atoms with Gasteiger partial charge in [0.15, 0.2) is 0 Å². The zero-order valence-corrected chi connectivity index (χ0v) is 12.0. The molecule has 0 unspecified atom stereocenters. The molecule has 0 radical (unpaired) electrons. The third-order valence-corrected chi connectivity index (χ3v) is 3.30. The molecule has 0 aliphatic rings. The van der Waals surface area contributed by atoms with Gasteiger partial charge in [-0.05, 0) is 36.6 Å². The molecule has 0 heterocycles. The first kappa shape index (κ1) is 15.7. The van der Waals surface area contributed by atoms with Crippen LogP contribution in [-0.2, 0) is 11.2 Å². The number of carbonyl (C=O) groups excluding carboxylic acids is 2. The smallest absolute Gasteiger partial charge is 0.252 e. The van der Waals surface area contributed by atoms with E-state index in [1.54, 1.807) is 0 Å². The number of primary amides is 1. The molecule has 4 nitrogen and oxygen atoms in total. The van der Waals surface area contributed by atoms with Crippen LogP contribution in [0.1, 0.15) is 22.3 Å². The summed E-state index contributed by atoms with van der Waals surface area (Å²) in [5.41, 5.74) is 6.54. The molecule has 0 aliphatic carbocycles. The van der Waals surface area contributed by atoms with Gasteiger partial charge in [0.25, 0.3) is 5.91 Å². The molecule has 0 bridgehead atoms. The van der Waals surface area contributed by atoms with Crippen molar-refractivity contribution in [1.82, 2.24) is 5.32 Å². The number of nitrogens with one attached hydrogen (secondary N) is 1. The fourth-order valence-electron chi connectivity index (χ4n) is 2.11. The highest BCUT2D eigenvalue weighted by molar-refractivity contribution is 5.97. The molecule has 0 saturated heterocycles. The Labute approximate surface area is 128 Å². The quantitative estimate of drug-likeness (QED) is 0.857. The molecule has 0 spiro atoms. The van der Waals surface area contributed by atoms with E-state index in [0.717, 1.165) is 11.6 Å². The maximum atomic E-state index is 13.1. The molecule has 3 N–H and O–H groups in total. The van der Waals surface area contributed by atoms with Crippen molar-refractivity contribution in [2.45, 2.75) is 18.9 Å². The van der Waals surface area contributed by atoms with Crippen LogP contribution >= 0.6 is 0 Å². The van der Waals surface area contributed by atoms with Gasteiger partial charge in [-0.1, -0.05) is 36.4 Å². The van der Waals surface area contributed by atoms with Crippen molar-refractivity contribution in [3.8, 4) is 0 Å². The largest absolute Gasteiger partial charge is 0.368 e. The van der Waals surface area contributed by atoms with E-state index in [1.165, 1.54) is 18.2 Å². The van der Waals surface area contributed by atoms with Crippen LogP contribution < -0.4 is 11.1 Å². The maximum absolute atomic E-state index is 13.1. The molecule has 0 saturated carbocycles. The van der Waals surface area contributed by atoms with Crippen LogP contribution in [0.3, 0.4) is 0 Å². The monoisotopic (exact) mass is 300 g/mol. The lowest BCUT2D eigenvalue weighted by molar-refractivity contribution is -0.120. The Morgan fingerprint density at radius 3 is 2.45 bits per heavy atom. The van der Waals surface area contributed by atoms with E-state index in [4.69, 9.17) is 5.73 Å². The summed E-state index contributed by atoms with van der Waals surface area (Å²) in [5, 5.41) is 2.55. The van der Waals surface area contributed by atoms with Crippen molar-refractivity contribution in [3.05, 3.63) is 71.5 Å². The molecule has 0 aromatic heterocycles. The van der Waals surface area contributed by atoms with Gasteiger partial charge >= 0.3 is 0 Å². The summed E-state index contributed by atoms with van der Waals surface area (Å²) in [5.74, 6) is -1.63. The topological polar surface area (TPSA) is 72.2 Å². The van der Waals surface area contributed by atoms with Crippen molar-refractivity contribution < 1.29 is 14.0 Å². The van der Waals surface area contributed by atoms with E-state index in [1.807, 2.05) is 30.3 Å². The highest BCUT2D eigenvalue weighted by Gasteiger charge is 2.19. The van der Waals surface area contributed by atoms with Gasteiger partial charge in [-0.3, -0.25) is 9.59 Å². The number of nitrogens with two attached hydrogens (primary N) is 1. The summed E-state index contributed by atoms with van der Waals surface area (Å²) in [6.45, 7) is 0. The fourth-order valence-corrected chi connectivity index (χ4v) is 2.11. The van der Waals surface area contributed by atoms with Gasteiger partial charge in [-0.25, -0.2) is 4.39 Å². The van der Waals surface area contributed by atoms with E-state index in [2.05, 4.69) is 5.32 Å². The minimum absolute atomic E-state index is 0.158. The second-order valence-corrected chi connectivity index (χ2v) is 4.96. The number of benzene rings is 2. The lowest BCUT2D eigenvalue weighted by Crippen LogP contribution is -2.44. The average molecular weight is 300 g/mol. The number of halogens is 1. The summed E-state index contributed by atoms with van der Waals surface area (Å²) in [4.78, 5) is 23.5. The third-order valence-electron chi connectivity index (χ3n) is 3.30. The average Bonchev–Trinajstić information content (AvgIpc) is 2.52. The van der Waals surface area contributed by atoms with Crippen molar-refractivity contribution in [2.24, 2.45) is 5.73 Å². The molecule has 1 atom stereocenters. The van der Waals surface area contributed by atoms with Crippen LogP contribution in [0.15, 0.2) is 54.6 Å². The molecule has 114 valence electrons. The first-order chi connectivity index (χ1) is 10.6. The SMILES string of the molecule is NC(=O)[C@H](CCc1ccccc1)NC(=O)c1cccc(F)c1. The first-order valence-corrected chi connectivity index (χ1v) is 6.96. The minimum atomic E-state index is -0.795. The van der Waals surface area contributed by atoms with Crippen molar-refractivity contribution in [3.63, 3.8) is 0 Å². The van der Waals surface area contributed by atoms with E-state index in [0.29, 0.717) is 12.8 Å². The molecule has 22 heavy (non-hydrogen) atoms. The lowest BCUT2D eigenvalue weighted by Gasteiger charge is -2.15. The number of hydrogen-bond donors (Lipinski definition) is 2. The van der Waals surface area contributed by atoms with Crippen LogP contribution in [0.25, 0.3) is 0 Å². The molecule has 2 amide bonds.